The molecule has 0 unspecified atom stereocenters. The summed E-state index contributed by atoms with van der Waals surface area (Å²) in [5.41, 5.74) is 3.61. The smallest absolute Gasteiger partial charge is 0.408 e. The fourth-order valence-corrected chi connectivity index (χ4v) is 10.7. The second-order valence-electron chi connectivity index (χ2n) is 17.5. The van der Waals surface area contributed by atoms with E-state index < -0.39 is 42.2 Å². The number of nitrogens with one attached hydrogen (secondary N) is 2. The summed E-state index contributed by atoms with van der Waals surface area (Å²) in [4.78, 5) is 48.5. The van der Waals surface area contributed by atoms with Crippen LogP contribution in [0.25, 0.3) is 0 Å². The fraction of sp³-hybridized carbons (Fsp3) is 0.373. The van der Waals surface area contributed by atoms with Crippen LogP contribution in [0.3, 0.4) is 0 Å². The number of thioether (sulfide) groups is 1. The number of carbonyl (C=O) groups is 3. The predicted molar refractivity (Wildman–Crippen MR) is 252 cm³/mol. The molecule has 5 aromatic rings. The van der Waals surface area contributed by atoms with Crippen molar-refractivity contribution in [1.29, 1.82) is 0 Å². The monoisotopic (exact) mass is 987 g/mol. The first-order valence-corrected chi connectivity index (χ1v) is 24.6. The van der Waals surface area contributed by atoms with Gasteiger partial charge >= 0.3 is 24.6 Å². The molecule has 4 aliphatic heterocycles. The minimum Gasteiger partial charge on any atom is -0.489 e. The van der Waals surface area contributed by atoms with Crippen LogP contribution in [0.15, 0.2) is 109 Å². The number of nitrogens with zero attached hydrogens (tertiary/aromatic N) is 2. The first-order valence-electron chi connectivity index (χ1n) is 22.8. The molecule has 17 heteroatoms. The molecule has 1 saturated carbocycles. The summed E-state index contributed by atoms with van der Waals surface area (Å²) in [6, 6.07) is 27.6. The third kappa shape index (κ3) is 12.0. The highest BCUT2D eigenvalue weighted by Gasteiger charge is 2.38. The first-order chi connectivity index (χ1) is 33.0. The lowest BCUT2D eigenvalue weighted by atomic mass is 9.86. The van der Waals surface area contributed by atoms with Crippen LogP contribution in [-0.4, -0.2) is 84.5 Å². The van der Waals surface area contributed by atoms with E-state index in [2.05, 4.69) is 15.2 Å². The van der Waals surface area contributed by atoms with Crippen LogP contribution in [0, 0.1) is 11.8 Å². The number of ether oxygens (including phenoxy) is 5. The number of fused-ring (bicyclic) bond motifs is 3. The minimum atomic E-state index is -3.06. The molecule has 5 aliphatic rings. The molecule has 0 radical (unpaired) electrons. The van der Waals surface area contributed by atoms with E-state index in [1.807, 2.05) is 47.4 Å². The first kappa shape index (κ1) is 47.6. The number of benzene rings is 4. The molecule has 0 spiro atoms. The molecule has 1 aliphatic carbocycles. The van der Waals surface area contributed by atoms with Crippen LogP contribution in [0.1, 0.15) is 76.0 Å². The minimum absolute atomic E-state index is 0.0820. The predicted octanol–water partition coefficient (Wildman–Crippen LogP) is 9.73. The zero-order valence-corrected chi connectivity index (χ0v) is 39.3. The Labute approximate surface area is 407 Å². The highest BCUT2D eigenvalue weighted by atomic mass is 35.5. The van der Waals surface area contributed by atoms with Gasteiger partial charge in [0, 0.05) is 37.4 Å². The Kier molecular flexibility index (Phi) is 15.3. The number of amides is 1. The van der Waals surface area contributed by atoms with E-state index >= 15 is 0 Å². The van der Waals surface area contributed by atoms with Gasteiger partial charge in [0.15, 0.2) is 29.3 Å². The van der Waals surface area contributed by atoms with E-state index in [9.17, 15) is 23.2 Å². The maximum absolute atomic E-state index is 14.2. The van der Waals surface area contributed by atoms with Crippen LogP contribution in [-0.2, 0) is 27.2 Å². The second-order valence-corrected chi connectivity index (χ2v) is 19.5. The standard InChI is InChI=1S/C51H50Cl2F2N4O8S/c52-40-26-56-27-41(53)39(40)25-43(35-14-15-42(66-50(54)55)44(24-35)63-30-31-12-13-31)65-49(61)47-59(20-21-68-47)28-32-6-4-11-38(22-32)64-48(60)37-10-5-9-36(23-37)46(34-7-2-1-3-8-34)57-51(62)67-45-29-58-18-16-33(45)17-19-58/h1-11,14-15,22-24,26-27,31,33,43,45-47,50H,12-13,16-21,25,28-30H2,(H,57,62)/p+1/t43-,45-,46-,47-/m0/s1. The van der Waals surface area contributed by atoms with Crippen molar-refractivity contribution in [2.45, 2.75) is 68.9 Å². The SMILES string of the molecule is O=C(N[C@@H](c1ccccc1)c1cccc(C(=O)Oc2cccc(CN3CCS[C@H]3C(=O)O[C@@H](Cc3c(Cl)c[nH+]cc3Cl)c3ccc(OC(F)F)c(OCC4CC4)c3)c2)c1)O[C@H]1CN2CCC1CC2. The maximum atomic E-state index is 14.2. The number of carbonyl (C=O) groups excluding carboxylic acids is 3. The Morgan fingerprint density at radius 1 is 0.824 bits per heavy atom. The lowest BCUT2D eigenvalue weighted by Gasteiger charge is -2.43. The van der Waals surface area contributed by atoms with Crippen molar-refractivity contribution < 1.29 is 51.8 Å². The summed E-state index contributed by atoms with van der Waals surface area (Å²) in [6.07, 6.45) is 5.63. The molecule has 2 N–H and O–H groups in total. The quantitative estimate of drug-likeness (QED) is 0.0666. The summed E-state index contributed by atoms with van der Waals surface area (Å²) in [5, 5.41) is 3.02. The molecule has 4 aromatic carbocycles. The summed E-state index contributed by atoms with van der Waals surface area (Å²) in [5.74, 6) is 0.550. The van der Waals surface area contributed by atoms with Crippen molar-refractivity contribution in [3.05, 3.63) is 153 Å². The van der Waals surface area contributed by atoms with Crippen molar-refractivity contribution in [3.63, 3.8) is 0 Å². The van der Waals surface area contributed by atoms with Gasteiger partial charge in [-0.25, -0.2) is 19.4 Å². The fourth-order valence-electron chi connectivity index (χ4n) is 8.98. The van der Waals surface area contributed by atoms with Crippen molar-refractivity contribution in [1.82, 2.24) is 15.1 Å². The highest BCUT2D eigenvalue weighted by molar-refractivity contribution is 8.00. The van der Waals surface area contributed by atoms with Crippen LogP contribution in [0.2, 0.25) is 10.0 Å². The number of aromatic nitrogens is 1. The van der Waals surface area contributed by atoms with Crippen molar-refractivity contribution >= 4 is 53.0 Å². The van der Waals surface area contributed by atoms with E-state index in [1.54, 1.807) is 60.9 Å². The Morgan fingerprint density at radius 2 is 1.59 bits per heavy atom. The Balaban J connectivity index is 0.876. The van der Waals surface area contributed by atoms with Gasteiger partial charge in [0.05, 0.1) is 18.2 Å². The van der Waals surface area contributed by atoms with Gasteiger partial charge in [0.2, 0.25) is 0 Å². The van der Waals surface area contributed by atoms with E-state index in [1.165, 1.54) is 17.8 Å². The summed E-state index contributed by atoms with van der Waals surface area (Å²) in [7, 11) is 0. The molecule has 5 fully saturated rings. The Hall–Kier alpha value is -5.45. The lowest BCUT2D eigenvalue weighted by molar-refractivity contribution is -0.377. The second kappa shape index (κ2) is 21.9. The molecular weight excluding hydrogens is 938 g/mol. The molecule has 1 aromatic heterocycles. The number of alkyl carbamates (subject to hydrolysis) is 1. The lowest BCUT2D eigenvalue weighted by Crippen LogP contribution is -2.52. The van der Waals surface area contributed by atoms with E-state index in [0.29, 0.717) is 75.3 Å². The molecule has 68 heavy (non-hydrogen) atoms. The van der Waals surface area contributed by atoms with E-state index in [-0.39, 0.29) is 24.0 Å². The molecular formula is C51H51Cl2F2N4O8S+. The number of alkyl halides is 2. The molecule has 10 rings (SSSR count). The summed E-state index contributed by atoms with van der Waals surface area (Å²) >= 11 is 14.6. The normalized spacial score (nSPS) is 20.9. The van der Waals surface area contributed by atoms with Crippen LogP contribution < -0.4 is 24.5 Å². The number of hydrogen-bond donors (Lipinski definition) is 1. The molecule has 12 nitrogen and oxygen atoms in total. The molecule has 4 saturated heterocycles. The zero-order valence-electron chi connectivity index (χ0n) is 37.0. The average molecular weight is 989 g/mol. The topological polar surface area (TPSA) is 130 Å². The molecule has 2 bridgehead atoms. The van der Waals surface area contributed by atoms with Crippen molar-refractivity contribution in [2.75, 3.05) is 38.5 Å². The van der Waals surface area contributed by atoms with Gasteiger partial charge in [0.1, 0.15) is 28.0 Å². The molecule has 356 valence electrons. The third-order valence-electron chi connectivity index (χ3n) is 12.8. The average Bonchev–Trinajstić information content (AvgIpc) is 4.06. The van der Waals surface area contributed by atoms with Gasteiger partial charge in [-0.05, 0) is 109 Å². The van der Waals surface area contributed by atoms with Gasteiger partial charge in [-0.1, -0.05) is 83.9 Å². The number of H-pyrrole nitrogens is 1. The van der Waals surface area contributed by atoms with Crippen LogP contribution >= 0.6 is 35.0 Å². The number of aromatic amines is 1. The van der Waals surface area contributed by atoms with Gasteiger partial charge in [0.25, 0.3) is 0 Å². The highest BCUT2D eigenvalue weighted by Crippen LogP contribution is 2.39. The number of rotatable bonds is 18. The molecule has 4 atom stereocenters. The third-order valence-corrected chi connectivity index (χ3v) is 14.7. The van der Waals surface area contributed by atoms with E-state index in [4.69, 9.17) is 46.9 Å². The van der Waals surface area contributed by atoms with Crippen LogP contribution in [0.4, 0.5) is 13.6 Å². The van der Waals surface area contributed by atoms with Gasteiger partial charge in [-0.15, -0.1) is 11.8 Å². The van der Waals surface area contributed by atoms with Crippen LogP contribution in [0.5, 0.6) is 17.2 Å². The van der Waals surface area contributed by atoms with Gasteiger partial charge < -0.3 is 29.0 Å². The van der Waals surface area contributed by atoms with Gasteiger partial charge in [-0.3, -0.25) is 9.80 Å². The molecule has 5 heterocycles. The summed E-state index contributed by atoms with van der Waals surface area (Å²) in [6.45, 7) is 0.991. The number of esters is 2. The number of hydrogen-bond acceptors (Lipinski definition) is 11. The van der Waals surface area contributed by atoms with E-state index in [0.717, 1.165) is 56.4 Å². The van der Waals surface area contributed by atoms with Crippen molar-refractivity contribution in [2.24, 2.45) is 11.8 Å². The number of piperidine rings is 3. The molecule has 1 amide bonds. The van der Waals surface area contributed by atoms with Crippen molar-refractivity contribution in [3.8, 4) is 17.2 Å². The zero-order chi connectivity index (χ0) is 47.1. The summed E-state index contributed by atoms with van der Waals surface area (Å²) < 4.78 is 55.7. The Morgan fingerprint density at radius 3 is 2.32 bits per heavy atom. The number of pyridine rings is 1. The van der Waals surface area contributed by atoms with Gasteiger partial charge in [-0.2, -0.15) is 8.78 Å². The number of halogens is 4. The largest absolute Gasteiger partial charge is 0.489 e. The Bertz CT molecular complexity index is 2570. The maximum Gasteiger partial charge on any atom is 0.408 e.